The highest BCUT2D eigenvalue weighted by molar-refractivity contribution is 7.13. The Kier molecular flexibility index (Phi) is 6.46. The van der Waals surface area contributed by atoms with Crippen LogP contribution in [-0.2, 0) is 0 Å². The number of allylic oxidation sites excluding steroid dienone is 2. The van der Waals surface area contributed by atoms with Crippen LogP contribution in [-0.4, -0.2) is 17.8 Å². The molecule has 0 aromatic rings. The van der Waals surface area contributed by atoms with Gasteiger partial charge in [0.15, 0.2) is 0 Å². The van der Waals surface area contributed by atoms with Crippen LogP contribution >= 0.6 is 9.39 Å². The van der Waals surface area contributed by atoms with Crippen molar-refractivity contribution in [2.24, 2.45) is 0 Å². The van der Waals surface area contributed by atoms with Crippen molar-refractivity contribution in [3.05, 3.63) is 37.5 Å². The maximum Gasteiger partial charge on any atom is 0.0203 e. The van der Waals surface area contributed by atoms with Crippen molar-refractivity contribution < 1.29 is 0 Å². The smallest absolute Gasteiger partial charge is 0.0203 e. The zero-order valence-corrected chi connectivity index (χ0v) is 7.32. The Hall–Kier alpha value is -0.390. The summed E-state index contributed by atoms with van der Waals surface area (Å²) in [5, 5.41) is 0. The topological polar surface area (TPSA) is 3.24 Å². The van der Waals surface area contributed by atoms with Crippen LogP contribution < -0.4 is 0 Å². The number of hydrogen-bond acceptors (Lipinski definition) is 1. The van der Waals surface area contributed by atoms with E-state index in [-0.39, 0.29) is 0 Å². The molecular formula is C8H14NP. The molecule has 0 heterocycles. The first-order valence-corrected chi connectivity index (χ1v) is 3.71. The molecule has 0 aromatic carbocycles. The summed E-state index contributed by atoms with van der Waals surface area (Å²) in [6.07, 6.45) is 7.62. The van der Waals surface area contributed by atoms with Gasteiger partial charge in [0, 0.05) is 13.1 Å². The normalized spacial score (nSPS) is 10.6. The summed E-state index contributed by atoms with van der Waals surface area (Å²) >= 11 is 0. The summed E-state index contributed by atoms with van der Waals surface area (Å²) in [5.41, 5.74) is 0. The molecule has 0 radical (unpaired) electrons. The molecule has 0 aromatic heterocycles. The van der Waals surface area contributed by atoms with Crippen molar-refractivity contribution >= 4 is 9.39 Å². The molecule has 10 heavy (non-hydrogen) atoms. The Bertz CT molecular complexity index is 129. The van der Waals surface area contributed by atoms with E-state index in [9.17, 15) is 0 Å². The van der Waals surface area contributed by atoms with E-state index < -0.39 is 0 Å². The van der Waals surface area contributed by atoms with Crippen molar-refractivity contribution in [3.63, 3.8) is 0 Å². The van der Waals surface area contributed by atoms with Gasteiger partial charge in [-0.05, 0) is 0 Å². The van der Waals surface area contributed by atoms with Gasteiger partial charge in [-0.3, -0.25) is 4.67 Å². The van der Waals surface area contributed by atoms with Gasteiger partial charge in [0.2, 0.25) is 0 Å². The fraction of sp³-hybridized carbons (Fsp3) is 0.250. The lowest BCUT2D eigenvalue weighted by Crippen LogP contribution is -2.09. The molecule has 0 fully saturated rings. The van der Waals surface area contributed by atoms with Gasteiger partial charge in [0.05, 0.1) is 0 Å². The minimum atomic E-state index is 0.895. The lowest BCUT2D eigenvalue weighted by atomic mass is 10.4. The van der Waals surface area contributed by atoms with Gasteiger partial charge in [-0.15, -0.1) is 6.58 Å². The molecule has 1 unspecified atom stereocenters. The average molecular weight is 155 g/mol. The van der Waals surface area contributed by atoms with Crippen molar-refractivity contribution in [2.75, 3.05) is 13.1 Å². The molecule has 2 heteroatoms. The maximum absolute atomic E-state index is 3.63. The predicted octanol–water partition coefficient (Wildman–Crippen LogP) is 2.01. The lowest BCUT2D eigenvalue weighted by Gasteiger charge is -2.09. The highest BCUT2D eigenvalue weighted by Crippen LogP contribution is 1.96. The van der Waals surface area contributed by atoms with E-state index in [1.165, 1.54) is 0 Å². The molecule has 1 atom stereocenters. The van der Waals surface area contributed by atoms with E-state index in [0.717, 1.165) is 13.1 Å². The molecule has 0 saturated heterocycles. The Morgan fingerprint density at radius 2 is 2.00 bits per heavy atom. The summed E-state index contributed by atoms with van der Waals surface area (Å²) in [6, 6.07) is 0. The van der Waals surface area contributed by atoms with Crippen molar-refractivity contribution in [1.82, 2.24) is 4.67 Å². The van der Waals surface area contributed by atoms with E-state index in [4.69, 9.17) is 0 Å². The van der Waals surface area contributed by atoms with E-state index in [2.05, 4.69) is 27.2 Å². The van der Waals surface area contributed by atoms with E-state index in [1.54, 1.807) is 6.08 Å². The van der Waals surface area contributed by atoms with E-state index in [0.29, 0.717) is 0 Å². The predicted molar refractivity (Wildman–Crippen MR) is 50.8 cm³/mol. The Morgan fingerprint density at radius 1 is 1.30 bits per heavy atom. The second-order valence-corrected chi connectivity index (χ2v) is 2.64. The molecule has 56 valence electrons. The second-order valence-electron chi connectivity index (χ2n) is 1.91. The molecule has 0 saturated carbocycles. The first-order valence-electron chi connectivity index (χ1n) is 3.19. The zero-order chi connectivity index (χ0) is 7.82. The molecule has 0 rings (SSSR count). The van der Waals surface area contributed by atoms with Crippen LogP contribution in [0.5, 0.6) is 0 Å². The zero-order valence-electron chi connectivity index (χ0n) is 6.16. The Labute approximate surface area is 65.4 Å². The second kappa shape index (κ2) is 6.73. The van der Waals surface area contributed by atoms with Gasteiger partial charge in [-0.25, -0.2) is 0 Å². The molecule has 0 aliphatic rings. The summed E-state index contributed by atoms with van der Waals surface area (Å²) in [5.74, 6) is 0. The van der Waals surface area contributed by atoms with Gasteiger partial charge in [0.1, 0.15) is 0 Å². The van der Waals surface area contributed by atoms with Gasteiger partial charge in [-0.2, -0.15) is 0 Å². The van der Waals surface area contributed by atoms with Crippen molar-refractivity contribution in [3.8, 4) is 0 Å². The van der Waals surface area contributed by atoms with Gasteiger partial charge in [-0.1, -0.05) is 40.3 Å². The molecular weight excluding hydrogens is 141 g/mol. The number of rotatable bonds is 5. The third kappa shape index (κ3) is 5.74. The van der Waals surface area contributed by atoms with Crippen LogP contribution in [0.2, 0.25) is 0 Å². The SMILES string of the molecule is C=C/C=C/CN(P)CC=C. The van der Waals surface area contributed by atoms with Crippen LogP contribution in [0.25, 0.3) is 0 Å². The first-order chi connectivity index (χ1) is 4.81. The standard InChI is InChI=1S/C8H14NP/c1-3-5-6-8-9(10)7-4-2/h3-6H,1-2,7-8,10H2/b6-5+. The van der Waals surface area contributed by atoms with Gasteiger partial charge >= 0.3 is 0 Å². The summed E-state index contributed by atoms with van der Waals surface area (Å²) in [6.45, 7) is 9.02. The number of hydrogen-bond donors (Lipinski definition) is 0. The average Bonchev–Trinajstić information content (AvgIpc) is 1.89. The molecule has 0 N–H and O–H groups in total. The Balaban J connectivity index is 3.37. The van der Waals surface area contributed by atoms with Crippen LogP contribution in [0.1, 0.15) is 0 Å². The van der Waals surface area contributed by atoms with Crippen molar-refractivity contribution in [1.29, 1.82) is 0 Å². The monoisotopic (exact) mass is 155 g/mol. The molecule has 0 spiro atoms. The van der Waals surface area contributed by atoms with Crippen LogP contribution in [0.4, 0.5) is 0 Å². The third-order valence-corrected chi connectivity index (χ3v) is 1.40. The Morgan fingerprint density at radius 3 is 2.50 bits per heavy atom. The van der Waals surface area contributed by atoms with Crippen LogP contribution in [0, 0.1) is 0 Å². The molecule has 0 aliphatic carbocycles. The molecule has 0 aliphatic heterocycles. The molecule has 1 nitrogen and oxygen atoms in total. The highest BCUT2D eigenvalue weighted by atomic mass is 31.0. The maximum atomic E-state index is 3.63. The van der Waals surface area contributed by atoms with Crippen LogP contribution in [0.15, 0.2) is 37.5 Å². The molecule has 0 amide bonds. The van der Waals surface area contributed by atoms with E-state index >= 15 is 0 Å². The minimum absolute atomic E-state index is 0.895. The van der Waals surface area contributed by atoms with Crippen molar-refractivity contribution in [2.45, 2.75) is 0 Å². The summed E-state index contributed by atoms with van der Waals surface area (Å²) in [7, 11) is 2.63. The highest BCUT2D eigenvalue weighted by Gasteiger charge is 1.87. The third-order valence-electron chi connectivity index (χ3n) is 0.976. The van der Waals surface area contributed by atoms with Crippen LogP contribution in [0.3, 0.4) is 0 Å². The minimum Gasteiger partial charge on any atom is -0.280 e. The summed E-state index contributed by atoms with van der Waals surface area (Å²) in [4.78, 5) is 0. The summed E-state index contributed by atoms with van der Waals surface area (Å²) < 4.78 is 2.08. The fourth-order valence-corrected chi connectivity index (χ4v) is 0.804. The van der Waals surface area contributed by atoms with Gasteiger partial charge in [0.25, 0.3) is 0 Å². The lowest BCUT2D eigenvalue weighted by molar-refractivity contribution is 0.578. The number of nitrogens with zero attached hydrogens (tertiary/aromatic N) is 1. The van der Waals surface area contributed by atoms with E-state index in [1.807, 2.05) is 18.2 Å². The first kappa shape index (κ1) is 9.61. The quantitative estimate of drug-likeness (QED) is 0.333. The fourth-order valence-electron chi connectivity index (χ4n) is 0.533. The largest absolute Gasteiger partial charge is 0.280 e. The molecule has 0 bridgehead atoms. The van der Waals surface area contributed by atoms with Gasteiger partial charge < -0.3 is 0 Å².